The lowest BCUT2D eigenvalue weighted by Gasteiger charge is -2.26. The van der Waals surface area contributed by atoms with Gasteiger partial charge in [0.1, 0.15) is 5.75 Å². The number of nitrogens with zero attached hydrogens (tertiary/aromatic N) is 2. The molecule has 0 saturated carbocycles. The van der Waals surface area contributed by atoms with E-state index < -0.39 is 5.91 Å². The minimum atomic E-state index is -0.659. The van der Waals surface area contributed by atoms with Crippen molar-refractivity contribution in [1.29, 1.82) is 0 Å². The van der Waals surface area contributed by atoms with E-state index in [-0.39, 0.29) is 16.8 Å². The standard InChI is InChI=1S/C24H22N4O5S/c1-33-18-9-2-15(3-10-18)4-11-21(29)25-17-7-5-16(6-8-17)24(31)28-13-12-19-20(14-28)34-23(26-19)22(30)27-32/h2-11,32H,12-14H2,1H3,(H,25,29)(H,27,30)/b11-4+. The number of carbonyl (C=O) groups is 3. The van der Waals surface area contributed by atoms with E-state index in [2.05, 4.69) is 10.3 Å². The van der Waals surface area contributed by atoms with Gasteiger partial charge < -0.3 is 15.0 Å². The molecule has 0 aliphatic carbocycles. The van der Waals surface area contributed by atoms with Gasteiger partial charge in [0.15, 0.2) is 5.01 Å². The molecule has 0 spiro atoms. The molecular weight excluding hydrogens is 456 g/mol. The number of methoxy groups -OCH3 is 1. The Labute approximate surface area is 199 Å². The second-order valence-electron chi connectivity index (χ2n) is 7.48. The van der Waals surface area contributed by atoms with E-state index in [0.717, 1.165) is 33.2 Å². The van der Waals surface area contributed by atoms with Gasteiger partial charge in [-0.25, -0.2) is 10.5 Å². The Kier molecular flexibility index (Phi) is 7.00. The van der Waals surface area contributed by atoms with E-state index in [4.69, 9.17) is 9.94 Å². The van der Waals surface area contributed by atoms with Crippen LogP contribution in [0, 0.1) is 0 Å². The highest BCUT2D eigenvalue weighted by Gasteiger charge is 2.26. The molecule has 1 aromatic heterocycles. The maximum absolute atomic E-state index is 12.9. The summed E-state index contributed by atoms with van der Waals surface area (Å²) < 4.78 is 5.11. The minimum absolute atomic E-state index is 0.149. The minimum Gasteiger partial charge on any atom is -0.497 e. The zero-order chi connectivity index (χ0) is 24.1. The van der Waals surface area contributed by atoms with Crippen molar-refractivity contribution < 1.29 is 24.3 Å². The zero-order valence-corrected chi connectivity index (χ0v) is 19.1. The summed E-state index contributed by atoms with van der Waals surface area (Å²) in [6.45, 7) is 0.823. The SMILES string of the molecule is COc1ccc(/C=C/C(=O)Nc2ccc(C(=O)N3CCc4nc(C(=O)NO)sc4C3)cc2)cc1. The van der Waals surface area contributed by atoms with Crippen molar-refractivity contribution in [3.05, 3.63) is 81.3 Å². The van der Waals surface area contributed by atoms with Crippen LogP contribution in [0.1, 0.15) is 36.3 Å². The van der Waals surface area contributed by atoms with Crippen LogP contribution >= 0.6 is 11.3 Å². The highest BCUT2D eigenvalue weighted by Crippen LogP contribution is 2.26. The number of nitrogens with one attached hydrogen (secondary N) is 2. The summed E-state index contributed by atoms with van der Waals surface area (Å²) in [5, 5.41) is 11.7. The molecule has 0 atom stereocenters. The van der Waals surface area contributed by atoms with Crippen LogP contribution in [0.4, 0.5) is 5.69 Å². The van der Waals surface area contributed by atoms with E-state index in [1.807, 2.05) is 24.3 Å². The molecule has 0 bridgehead atoms. The molecule has 0 saturated heterocycles. The molecule has 10 heteroatoms. The number of benzene rings is 2. The lowest BCUT2D eigenvalue weighted by atomic mass is 10.1. The summed E-state index contributed by atoms with van der Waals surface area (Å²) in [5.74, 6) is -0.350. The monoisotopic (exact) mass is 478 g/mol. The van der Waals surface area contributed by atoms with Gasteiger partial charge in [-0.2, -0.15) is 0 Å². The predicted molar refractivity (Wildman–Crippen MR) is 127 cm³/mol. The van der Waals surface area contributed by atoms with Gasteiger partial charge in [0.2, 0.25) is 5.91 Å². The molecule has 4 rings (SSSR count). The zero-order valence-electron chi connectivity index (χ0n) is 18.3. The average molecular weight is 479 g/mol. The molecule has 2 aromatic carbocycles. The fraction of sp³-hybridized carbons (Fsp3) is 0.167. The maximum atomic E-state index is 12.9. The van der Waals surface area contributed by atoms with Crippen molar-refractivity contribution in [3.63, 3.8) is 0 Å². The van der Waals surface area contributed by atoms with E-state index in [1.165, 1.54) is 6.08 Å². The van der Waals surface area contributed by atoms with Gasteiger partial charge in [-0.1, -0.05) is 12.1 Å². The number of amides is 3. The number of ether oxygens (including phenoxy) is 1. The molecular formula is C24H22N4O5S. The first kappa shape index (κ1) is 23.1. The number of hydrogen-bond donors (Lipinski definition) is 3. The van der Waals surface area contributed by atoms with Crippen LogP contribution in [0.3, 0.4) is 0 Å². The summed E-state index contributed by atoms with van der Waals surface area (Å²) in [6.07, 6.45) is 3.67. The largest absolute Gasteiger partial charge is 0.497 e. The number of hydroxylamine groups is 1. The summed E-state index contributed by atoms with van der Waals surface area (Å²) in [5.41, 5.74) is 4.28. The lowest BCUT2D eigenvalue weighted by Crippen LogP contribution is -2.35. The number of hydrogen-bond acceptors (Lipinski definition) is 7. The molecule has 3 amide bonds. The third-order valence-corrected chi connectivity index (χ3v) is 6.34. The first-order valence-electron chi connectivity index (χ1n) is 10.4. The number of carbonyl (C=O) groups excluding carboxylic acids is 3. The normalized spacial score (nSPS) is 12.8. The molecule has 34 heavy (non-hydrogen) atoms. The Hall–Kier alpha value is -4.02. The molecule has 3 N–H and O–H groups in total. The van der Waals surface area contributed by atoms with E-state index >= 15 is 0 Å². The summed E-state index contributed by atoms with van der Waals surface area (Å²) in [7, 11) is 1.59. The van der Waals surface area contributed by atoms with Gasteiger partial charge in [-0.15, -0.1) is 11.3 Å². The van der Waals surface area contributed by atoms with Crippen molar-refractivity contribution in [2.24, 2.45) is 0 Å². The molecule has 1 aliphatic rings. The van der Waals surface area contributed by atoms with Crippen LogP contribution in [-0.2, 0) is 17.8 Å². The van der Waals surface area contributed by atoms with E-state index in [0.29, 0.717) is 30.8 Å². The van der Waals surface area contributed by atoms with E-state index in [1.54, 1.807) is 47.8 Å². The second kappa shape index (κ2) is 10.3. The van der Waals surface area contributed by atoms with Crippen LogP contribution in [0.2, 0.25) is 0 Å². The smallest absolute Gasteiger partial charge is 0.303 e. The van der Waals surface area contributed by atoms with Gasteiger partial charge in [-0.3, -0.25) is 19.6 Å². The molecule has 3 aromatic rings. The van der Waals surface area contributed by atoms with Crippen LogP contribution in [0.5, 0.6) is 5.75 Å². The molecule has 1 aliphatic heterocycles. The van der Waals surface area contributed by atoms with Crippen molar-refractivity contribution in [1.82, 2.24) is 15.4 Å². The van der Waals surface area contributed by atoms with Crippen LogP contribution in [-0.4, -0.2) is 46.5 Å². The summed E-state index contributed by atoms with van der Waals surface area (Å²) >= 11 is 1.16. The highest BCUT2D eigenvalue weighted by atomic mass is 32.1. The second-order valence-corrected chi connectivity index (χ2v) is 8.56. The third-order valence-electron chi connectivity index (χ3n) is 5.26. The van der Waals surface area contributed by atoms with Gasteiger partial charge in [0, 0.05) is 35.2 Å². The van der Waals surface area contributed by atoms with Crippen molar-refractivity contribution in [2.75, 3.05) is 19.0 Å². The Bertz CT molecular complexity index is 1240. The summed E-state index contributed by atoms with van der Waals surface area (Å²) in [6, 6.07) is 14.0. The average Bonchev–Trinajstić information content (AvgIpc) is 3.31. The number of thiazole rings is 1. The fourth-order valence-corrected chi connectivity index (χ4v) is 4.48. The fourth-order valence-electron chi connectivity index (χ4n) is 3.46. The number of aromatic nitrogens is 1. The van der Waals surface area contributed by atoms with Gasteiger partial charge in [-0.05, 0) is 48.0 Å². The Morgan fingerprint density at radius 3 is 2.53 bits per heavy atom. The molecule has 174 valence electrons. The molecule has 0 unspecified atom stereocenters. The van der Waals surface area contributed by atoms with Gasteiger partial charge in [0.05, 0.1) is 19.3 Å². The van der Waals surface area contributed by atoms with Crippen LogP contribution < -0.4 is 15.5 Å². The quantitative estimate of drug-likeness (QED) is 0.284. The molecule has 0 radical (unpaired) electrons. The number of fused-ring (bicyclic) bond motifs is 1. The van der Waals surface area contributed by atoms with Crippen molar-refractivity contribution in [3.8, 4) is 5.75 Å². The number of rotatable bonds is 6. The summed E-state index contributed by atoms with van der Waals surface area (Å²) in [4.78, 5) is 43.5. The molecule has 0 fully saturated rings. The number of anilines is 1. The molecule has 2 heterocycles. The maximum Gasteiger partial charge on any atom is 0.303 e. The molecule has 9 nitrogen and oxygen atoms in total. The Morgan fingerprint density at radius 2 is 1.85 bits per heavy atom. The van der Waals surface area contributed by atoms with Gasteiger partial charge in [0.25, 0.3) is 5.91 Å². The van der Waals surface area contributed by atoms with Crippen molar-refractivity contribution in [2.45, 2.75) is 13.0 Å². The van der Waals surface area contributed by atoms with Crippen LogP contribution in [0.15, 0.2) is 54.6 Å². The van der Waals surface area contributed by atoms with Gasteiger partial charge >= 0.3 is 5.91 Å². The predicted octanol–water partition coefficient (Wildman–Crippen LogP) is 3.12. The lowest BCUT2D eigenvalue weighted by molar-refractivity contribution is -0.111. The Balaban J connectivity index is 1.35. The van der Waals surface area contributed by atoms with Crippen molar-refractivity contribution >= 4 is 40.8 Å². The Morgan fingerprint density at radius 1 is 1.12 bits per heavy atom. The third kappa shape index (κ3) is 5.30. The highest BCUT2D eigenvalue weighted by molar-refractivity contribution is 7.13. The first-order valence-corrected chi connectivity index (χ1v) is 11.2. The van der Waals surface area contributed by atoms with E-state index in [9.17, 15) is 14.4 Å². The topological polar surface area (TPSA) is 121 Å². The first-order chi connectivity index (χ1) is 16.5. The van der Waals surface area contributed by atoms with Crippen LogP contribution in [0.25, 0.3) is 6.08 Å².